The van der Waals surface area contributed by atoms with Gasteiger partial charge in [0.15, 0.2) is 0 Å². The maximum Gasteiger partial charge on any atom is 0.409 e. The van der Waals surface area contributed by atoms with Gasteiger partial charge in [-0.1, -0.05) is 0 Å². The van der Waals surface area contributed by atoms with Crippen LogP contribution >= 0.6 is 0 Å². The molecule has 3 rings (SSSR count). The molecule has 1 N–H and O–H groups in total. The van der Waals surface area contributed by atoms with E-state index >= 15 is 0 Å². The van der Waals surface area contributed by atoms with Crippen molar-refractivity contribution in [3.05, 3.63) is 12.3 Å². The Balaban J connectivity index is 1.52. The molecule has 2 fully saturated rings. The van der Waals surface area contributed by atoms with E-state index in [1.807, 2.05) is 19.2 Å². The monoisotopic (exact) mass is 348 g/mol. The molecule has 2 aliphatic heterocycles. The first kappa shape index (κ1) is 17.7. The number of aromatic nitrogens is 2. The lowest BCUT2D eigenvalue weighted by Gasteiger charge is -2.33. The van der Waals surface area contributed by atoms with Crippen LogP contribution in [0.15, 0.2) is 12.3 Å². The lowest BCUT2D eigenvalue weighted by molar-refractivity contribution is 0.0983. The number of ether oxygens (including phenoxy) is 1. The van der Waals surface area contributed by atoms with E-state index in [9.17, 15) is 4.79 Å². The highest BCUT2D eigenvalue weighted by Gasteiger charge is 2.24. The minimum Gasteiger partial charge on any atom is -0.450 e. The van der Waals surface area contributed by atoms with Gasteiger partial charge in [0.2, 0.25) is 5.95 Å². The van der Waals surface area contributed by atoms with Crippen LogP contribution in [0.5, 0.6) is 0 Å². The zero-order valence-electron chi connectivity index (χ0n) is 15.1. The van der Waals surface area contributed by atoms with Crippen LogP contribution in [0.3, 0.4) is 0 Å². The van der Waals surface area contributed by atoms with Gasteiger partial charge in [0.1, 0.15) is 5.82 Å². The number of hydrogen-bond acceptors (Lipinski definition) is 7. The van der Waals surface area contributed by atoms with Gasteiger partial charge in [0.25, 0.3) is 0 Å². The molecule has 0 unspecified atom stereocenters. The molecule has 1 aromatic heterocycles. The molecule has 0 spiro atoms. The number of likely N-dealkylation sites (tertiary alicyclic amines) is 1. The Morgan fingerprint density at radius 2 is 1.96 bits per heavy atom. The lowest BCUT2D eigenvalue weighted by Crippen LogP contribution is -2.45. The number of carbonyl (C=O) groups is 1. The van der Waals surface area contributed by atoms with E-state index in [1.54, 1.807) is 4.90 Å². The lowest BCUT2D eigenvalue weighted by atomic mass is 10.1. The number of piperidine rings is 1. The van der Waals surface area contributed by atoms with Crippen molar-refractivity contribution in [2.45, 2.75) is 25.8 Å². The topological polar surface area (TPSA) is 73.8 Å². The minimum atomic E-state index is -0.208. The molecular weight excluding hydrogens is 320 g/mol. The molecule has 25 heavy (non-hydrogen) atoms. The molecular formula is C17H28N6O2. The van der Waals surface area contributed by atoms with Crippen molar-refractivity contribution in [1.82, 2.24) is 19.8 Å². The summed E-state index contributed by atoms with van der Waals surface area (Å²) in [5.74, 6) is 1.65. The molecule has 0 aromatic carbocycles. The fourth-order valence-electron chi connectivity index (χ4n) is 3.22. The summed E-state index contributed by atoms with van der Waals surface area (Å²) in [5, 5.41) is 3.49. The summed E-state index contributed by atoms with van der Waals surface area (Å²) < 4.78 is 5.06. The van der Waals surface area contributed by atoms with E-state index in [2.05, 4.69) is 32.1 Å². The predicted molar refractivity (Wildman–Crippen MR) is 97.0 cm³/mol. The highest BCUT2D eigenvalue weighted by atomic mass is 16.6. The second-order valence-electron chi connectivity index (χ2n) is 6.64. The van der Waals surface area contributed by atoms with Crippen molar-refractivity contribution in [3.8, 4) is 0 Å². The van der Waals surface area contributed by atoms with Gasteiger partial charge in [-0.25, -0.2) is 9.78 Å². The highest BCUT2D eigenvalue weighted by Crippen LogP contribution is 2.18. The summed E-state index contributed by atoms with van der Waals surface area (Å²) in [6.45, 7) is 7.67. The van der Waals surface area contributed by atoms with Crippen LogP contribution in [0.4, 0.5) is 16.6 Å². The van der Waals surface area contributed by atoms with E-state index in [0.717, 1.165) is 50.8 Å². The number of anilines is 2. The number of nitrogens with one attached hydrogen (secondary N) is 1. The molecule has 3 heterocycles. The standard InChI is InChI=1S/C17H28N6O2/c1-3-25-17(24)23-8-5-14(6-9-23)19-15-4-7-18-16(20-15)22-12-10-21(2)11-13-22/h4,7,14H,3,5-6,8-13H2,1-2H3,(H,18,19,20). The third kappa shape index (κ3) is 4.72. The molecule has 1 aromatic rings. The van der Waals surface area contributed by atoms with Crippen LogP contribution < -0.4 is 10.2 Å². The third-order valence-electron chi connectivity index (χ3n) is 4.80. The fourth-order valence-corrected chi connectivity index (χ4v) is 3.22. The van der Waals surface area contributed by atoms with Crippen molar-refractivity contribution in [3.63, 3.8) is 0 Å². The quantitative estimate of drug-likeness (QED) is 0.878. The Kier molecular flexibility index (Phi) is 5.91. The van der Waals surface area contributed by atoms with Crippen LogP contribution in [0.1, 0.15) is 19.8 Å². The van der Waals surface area contributed by atoms with Gasteiger partial charge in [0, 0.05) is 51.5 Å². The molecule has 0 saturated carbocycles. The second-order valence-corrected chi connectivity index (χ2v) is 6.64. The Bertz CT molecular complexity index is 568. The number of rotatable bonds is 4. The van der Waals surface area contributed by atoms with Crippen molar-refractivity contribution >= 4 is 17.9 Å². The molecule has 8 nitrogen and oxygen atoms in total. The average Bonchev–Trinajstić information content (AvgIpc) is 2.63. The first-order chi connectivity index (χ1) is 12.2. The number of carbonyl (C=O) groups excluding carboxylic acids is 1. The van der Waals surface area contributed by atoms with Crippen LogP contribution in [-0.4, -0.2) is 84.8 Å². The fraction of sp³-hybridized carbons (Fsp3) is 0.706. The number of amides is 1. The molecule has 0 bridgehead atoms. The summed E-state index contributed by atoms with van der Waals surface area (Å²) >= 11 is 0. The van der Waals surface area contributed by atoms with Crippen LogP contribution in [0, 0.1) is 0 Å². The van der Waals surface area contributed by atoms with Gasteiger partial charge in [-0.3, -0.25) is 0 Å². The predicted octanol–water partition coefficient (Wildman–Crippen LogP) is 1.26. The van der Waals surface area contributed by atoms with Crippen molar-refractivity contribution < 1.29 is 9.53 Å². The first-order valence-electron chi connectivity index (χ1n) is 9.10. The number of hydrogen-bond donors (Lipinski definition) is 1. The number of piperazine rings is 1. The normalized spacial score (nSPS) is 19.8. The van der Waals surface area contributed by atoms with Gasteiger partial charge in [-0.15, -0.1) is 0 Å². The Morgan fingerprint density at radius 3 is 2.64 bits per heavy atom. The van der Waals surface area contributed by atoms with E-state index in [1.165, 1.54) is 0 Å². The van der Waals surface area contributed by atoms with Crippen molar-refractivity contribution in [2.75, 3.05) is 63.1 Å². The highest BCUT2D eigenvalue weighted by molar-refractivity contribution is 5.67. The van der Waals surface area contributed by atoms with Crippen LogP contribution in [0.2, 0.25) is 0 Å². The average molecular weight is 348 g/mol. The van der Waals surface area contributed by atoms with E-state index < -0.39 is 0 Å². The van der Waals surface area contributed by atoms with Crippen molar-refractivity contribution in [2.24, 2.45) is 0 Å². The minimum absolute atomic E-state index is 0.208. The molecule has 8 heteroatoms. The molecule has 2 saturated heterocycles. The van der Waals surface area contributed by atoms with E-state index in [0.29, 0.717) is 25.7 Å². The Morgan fingerprint density at radius 1 is 1.24 bits per heavy atom. The van der Waals surface area contributed by atoms with E-state index in [4.69, 9.17) is 4.74 Å². The zero-order chi connectivity index (χ0) is 17.6. The molecule has 1 amide bonds. The summed E-state index contributed by atoms with van der Waals surface area (Å²) in [6, 6.07) is 2.23. The summed E-state index contributed by atoms with van der Waals surface area (Å²) in [5.41, 5.74) is 0. The Hall–Kier alpha value is -2.09. The maximum atomic E-state index is 11.8. The summed E-state index contributed by atoms with van der Waals surface area (Å²) in [7, 11) is 2.14. The second kappa shape index (κ2) is 8.33. The number of likely N-dealkylation sites (N-methyl/N-ethyl adjacent to an activating group) is 1. The van der Waals surface area contributed by atoms with Gasteiger partial charge in [-0.05, 0) is 32.9 Å². The number of nitrogens with zero attached hydrogens (tertiary/aromatic N) is 5. The van der Waals surface area contributed by atoms with E-state index in [-0.39, 0.29) is 6.09 Å². The van der Waals surface area contributed by atoms with Crippen LogP contribution in [-0.2, 0) is 4.74 Å². The third-order valence-corrected chi connectivity index (χ3v) is 4.80. The first-order valence-corrected chi connectivity index (χ1v) is 9.10. The largest absolute Gasteiger partial charge is 0.450 e. The SMILES string of the molecule is CCOC(=O)N1CCC(Nc2ccnc(N3CCN(C)CC3)n2)CC1. The van der Waals surface area contributed by atoms with Gasteiger partial charge in [0.05, 0.1) is 6.61 Å². The molecule has 2 aliphatic rings. The van der Waals surface area contributed by atoms with Crippen LogP contribution in [0.25, 0.3) is 0 Å². The Labute approximate surface area is 149 Å². The molecule has 138 valence electrons. The maximum absolute atomic E-state index is 11.8. The molecule has 0 atom stereocenters. The molecule has 0 aliphatic carbocycles. The zero-order valence-corrected chi connectivity index (χ0v) is 15.1. The summed E-state index contributed by atoms with van der Waals surface area (Å²) in [4.78, 5) is 27.2. The summed E-state index contributed by atoms with van der Waals surface area (Å²) in [6.07, 6.45) is 3.40. The smallest absolute Gasteiger partial charge is 0.409 e. The molecule has 0 radical (unpaired) electrons. The van der Waals surface area contributed by atoms with Gasteiger partial charge >= 0.3 is 6.09 Å². The van der Waals surface area contributed by atoms with Gasteiger partial charge in [-0.2, -0.15) is 4.98 Å². The van der Waals surface area contributed by atoms with Gasteiger partial charge < -0.3 is 24.8 Å². The van der Waals surface area contributed by atoms with Crippen molar-refractivity contribution in [1.29, 1.82) is 0 Å².